The lowest BCUT2D eigenvalue weighted by atomic mass is 10.2. The number of rotatable bonds is 7. The molecule has 0 unspecified atom stereocenters. The molecule has 4 heteroatoms. The summed E-state index contributed by atoms with van der Waals surface area (Å²) in [6.07, 6.45) is 3.95. The van der Waals surface area contributed by atoms with Crippen LogP contribution in [0, 0.1) is 0 Å². The van der Waals surface area contributed by atoms with Gasteiger partial charge in [0.15, 0.2) is 0 Å². The minimum absolute atomic E-state index is 0.368. The van der Waals surface area contributed by atoms with Gasteiger partial charge in [0.1, 0.15) is 0 Å². The molecular weight excluding hydrogens is 232 g/mol. The zero-order chi connectivity index (χ0) is 12.3. The van der Waals surface area contributed by atoms with Crippen molar-refractivity contribution in [1.82, 2.24) is 9.80 Å². The summed E-state index contributed by atoms with van der Waals surface area (Å²) in [7, 11) is 0. The summed E-state index contributed by atoms with van der Waals surface area (Å²) >= 11 is 1.96. The molecule has 3 nitrogen and oxygen atoms in total. The molecule has 2 rings (SSSR count). The molecule has 2 fully saturated rings. The van der Waals surface area contributed by atoms with E-state index in [9.17, 15) is 0 Å². The van der Waals surface area contributed by atoms with Gasteiger partial charge in [0, 0.05) is 44.0 Å². The molecule has 0 radical (unpaired) electrons. The number of hydrogen-bond acceptors (Lipinski definition) is 4. The first-order valence-electron chi connectivity index (χ1n) is 6.79. The van der Waals surface area contributed by atoms with Crippen LogP contribution in [0.5, 0.6) is 0 Å². The molecule has 0 aliphatic carbocycles. The Morgan fingerprint density at radius 3 is 2.35 bits per heavy atom. The van der Waals surface area contributed by atoms with Gasteiger partial charge in [-0.1, -0.05) is 0 Å². The molecule has 2 aliphatic heterocycles. The third-order valence-corrected chi connectivity index (χ3v) is 4.47. The number of piperazine rings is 1. The summed E-state index contributed by atoms with van der Waals surface area (Å²) in [6, 6.07) is 1.63. The third-order valence-electron chi connectivity index (χ3n) is 3.88. The van der Waals surface area contributed by atoms with Gasteiger partial charge in [0.05, 0.1) is 12.7 Å². The quantitative estimate of drug-likeness (QED) is 0.688. The summed E-state index contributed by atoms with van der Waals surface area (Å²) in [5, 5.41) is 0. The first-order chi connectivity index (χ1) is 8.20. The molecule has 2 saturated heterocycles. The Kier molecular flexibility index (Phi) is 5.15. The van der Waals surface area contributed by atoms with Crippen LogP contribution in [0.15, 0.2) is 0 Å². The van der Waals surface area contributed by atoms with E-state index < -0.39 is 0 Å². The number of hydrogen-bond donors (Lipinski definition) is 0. The molecule has 100 valence electrons. The standard InChI is InChI=1S/C13H26N2OS/c1-11(2)16-6-4-14-9-13-8-12(14)10-15(13)5-7-17-3/h11-13H,4-10H2,1-3H3/t12-,13-/m0/s1. The van der Waals surface area contributed by atoms with Gasteiger partial charge in [0.2, 0.25) is 0 Å². The third kappa shape index (κ3) is 3.60. The van der Waals surface area contributed by atoms with E-state index in [1.54, 1.807) is 0 Å². The van der Waals surface area contributed by atoms with E-state index in [0.717, 1.165) is 25.2 Å². The largest absolute Gasteiger partial charge is 0.377 e. The lowest BCUT2D eigenvalue weighted by Gasteiger charge is -2.34. The van der Waals surface area contributed by atoms with Gasteiger partial charge in [0.25, 0.3) is 0 Å². The Balaban J connectivity index is 1.67. The van der Waals surface area contributed by atoms with Crippen LogP contribution >= 0.6 is 11.8 Å². The van der Waals surface area contributed by atoms with Crippen molar-refractivity contribution >= 4 is 11.8 Å². The van der Waals surface area contributed by atoms with Crippen molar-refractivity contribution in [3.63, 3.8) is 0 Å². The van der Waals surface area contributed by atoms with E-state index in [4.69, 9.17) is 4.74 Å². The van der Waals surface area contributed by atoms with Crippen molar-refractivity contribution in [2.24, 2.45) is 0 Å². The van der Waals surface area contributed by atoms with Gasteiger partial charge in [-0.3, -0.25) is 9.80 Å². The second kappa shape index (κ2) is 6.41. The van der Waals surface area contributed by atoms with E-state index in [2.05, 4.69) is 29.9 Å². The highest BCUT2D eigenvalue weighted by Gasteiger charge is 2.42. The highest BCUT2D eigenvalue weighted by molar-refractivity contribution is 7.98. The van der Waals surface area contributed by atoms with Crippen LogP contribution < -0.4 is 0 Å². The van der Waals surface area contributed by atoms with E-state index >= 15 is 0 Å². The molecule has 0 saturated carbocycles. The number of ether oxygens (including phenoxy) is 1. The Morgan fingerprint density at radius 2 is 1.82 bits per heavy atom. The molecule has 0 spiro atoms. The average molecular weight is 258 g/mol. The fourth-order valence-corrected chi connectivity index (χ4v) is 3.41. The van der Waals surface area contributed by atoms with Crippen LogP contribution in [-0.4, -0.2) is 72.8 Å². The van der Waals surface area contributed by atoms with E-state index in [1.165, 1.54) is 31.8 Å². The van der Waals surface area contributed by atoms with Crippen LogP contribution in [0.1, 0.15) is 20.3 Å². The van der Waals surface area contributed by atoms with Gasteiger partial charge < -0.3 is 4.74 Å². The summed E-state index contributed by atoms with van der Waals surface area (Å²) in [6.45, 7) is 10.1. The molecule has 0 aromatic carbocycles. The maximum atomic E-state index is 5.64. The van der Waals surface area contributed by atoms with Gasteiger partial charge in [-0.2, -0.15) is 11.8 Å². The van der Waals surface area contributed by atoms with E-state index in [0.29, 0.717) is 6.10 Å². The van der Waals surface area contributed by atoms with Crippen LogP contribution in [0.2, 0.25) is 0 Å². The van der Waals surface area contributed by atoms with Gasteiger partial charge in [-0.05, 0) is 26.5 Å². The maximum absolute atomic E-state index is 5.64. The second-order valence-electron chi connectivity index (χ2n) is 5.45. The molecule has 0 N–H and O–H groups in total. The van der Waals surface area contributed by atoms with Crippen molar-refractivity contribution in [3.05, 3.63) is 0 Å². The van der Waals surface area contributed by atoms with Crippen LogP contribution in [0.4, 0.5) is 0 Å². The van der Waals surface area contributed by atoms with Gasteiger partial charge in [-0.25, -0.2) is 0 Å². The molecule has 2 atom stereocenters. The Labute approximate surface area is 110 Å². The minimum Gasteiger partial charge on any atom is -0.377 e. The topological polar surface area (TPSA) is 15.7 Å². The molecular formula is C13H26N2OS. The highest BCUT2D eigenvalue weighted by Crippen LogP contribution is 2.30. The lowest BCUT2D eigenvalue weighted by Crippen LogP contribution is -2.47. The Bertz CT molecular complexity index is 237. The summed E-state index contributed by atoms with van der Waals surface area (Å²) in [5.74, 6) is 1.28. The minimum atomic E-state index is 0.368. The molecule has 0 aromatic heterocycles. The second-order valence-corrected chi connectivity index (χ2v) is 6.43. The number of nitrogens with zero attached hydrogens (tertiary/aromatic N) is 2. The number of thioether (sulfide) groups is 1. The first kappa shape index (κ1) is 13.7. The van der Waals surface area contributed by atoms with Crippen molar-refractivity contribution in [3.8, 4) is 0 Å². The maximum Gasteiger partial charge on any atom is 0.0597 e. The summed E-state index contributed by atoms with van der Waals surface area (Å²) in [5.41, 5.74) is 0. The normalized spacial score (nSPS) is 29.6. The number of fused-ring (bicyclic) bond motifs is 2. The first-order valence-corrected chi connectivity index (χ1v) is 8.18. The van der Waals surface area contributed by atoms with Crippen LogP contribution in [0.25, 0.3) is 0 Å². The van der Waals surface area contributed by atoms with Crippen molar-refractivity contribution in [2.45, 2.75) is 38.5 Å². The average Bonchev–Trinajstić information content (AvgIpc) is 2.85. The Morgan fingerprint density at radius 1 is 1.18 bits per heavy atom. The van der Waals surface area contributed by atoms with E-state index in [-0.39, 0.29) is 0 Å². The zero-order valence-electron chi connectivity index (χ0n) is 11.4. The predicted molar refractivity (Wildman–Crippen MR) is 74.8 cm³/mol. The van der Waals surface area contributed by atoms with Crippen LogP contribution in [0.3, 0.4) is 0 Å². The molecule has 17 heavy (non-hydrogen) atoms. The highest BCUT2D eigenvalue weighted by atomic mass is 32.2. The van der Waals surface area contributed by atoms with Crippen molar-refractivity contribution < 1.29 is 4.74 Å². The SMILES string of the molecule is CSCCN1C[C@@H]2C[C@H]1CN2CCOC(C)C. The summed E-state index contributed by atoms with van der Waals surface area (Å²) < 4.78 is 5.64. The molecule has 2 aliphatic rings. The molecule has 2 bridgehead atoms. The lowest BCUT2D eigenvalue weighted by molar-refractivity contribution is 0.0438. The number of likely N-dealkylation sites (tertiary alicyclic amines) is 2. The predicted octanol–water partition coefficient (Wildman–Crippen LogP) is 1.53. The van der Waals surface area contributed by atoms with Crippen molar-refractivity contribution in [1.29, 1.82) is 0 Å². The molecule has 0 amide bonds. The van der Waals surface area contributed by atoms with Crippen molar-refractivity contribution in [2.75, 3.05) is 44.8 Å². The fourth-order valence-electron chi connectivity index (χ4n) is 2.99. The van der Waals surface area contributed by atoms with Gasteiger partial charge >= 0.3 is 0 Å². The summed E-state index contributed by atoms with van der Waals surface area (Å²) in [4.78, 5) is 5.31. The molecule has 2 heterocycles. The smallest absolute Gasteiger partial charge is 0.0597 e. The van der Waals surface area contributed by atoms with Gasteiger partial charge in [-0.15, -0.1) is 0 Å². The van der Waals surface area contributed by atoms with E-state index in [1.807, 2.05) is 11.8 Å². The molecule has 0 aromatic rings. The fraction of sp³-hybridized carbons (Fsp3) is 1.00. The zero-order valence-corrected chi connectivity index (χ0v) is 12.2. The monoisotopic (exact) mass is 258 g/mol. The Hall–Kier alpha value is 0.230. The van der Waals surface area contributed by atoms with Crippen LogP contribution in [-0.2, 0) is 4.74 Å².